The molecule has 0 radical (unpaired) electrons. The normalized spacial score (nSPS) is 26.4. The minimum absolute atomic E-state index is 0.416. The van der Waals surface area contributed by atoms with Gasteiger partial charge in [0.05, 0.1) is 5.60 Å². The van der Waals surface area contributed by atoms with Crippen molar-refractivity contribution in [2.45, 2.75) is 70.8 Å². The van der Waals surface area contributed by atoms with Crippen molar-refractivity contribution in [1.29, 1.82) is 0 Å². The Labute approximate surface area is 101 Å². The lowest BCUT2D eigenvalue weighted by Crippen LogP contribution is -2.30. The largest absolute Gasteiger partial charge is 0.389 e. The number of hydrogen-bond acceptors (Lipinski definition) is 2. The highest BCUT2D eigenvalue weighted by Crippen LogP contribution is 2.20. The van der Waals surface area contributed by atoms with Crippen LogP contribution in [0.15, 0.2) is 0 Å². The van der Waals surface area contributed by atoms with Gasteiger partial charge in [-0.1, -0.05) is 45.4 Å². The second-order valence-corrected chi connectivity index (χ2v) is 5.64. The Morgan fingerprint density at radius 1 is 1.06 bits per heavy atom. The van der Waals surface area contributed by atoms with Crippen LogP contribution in [0, 0.1) is 0 Å². The highest BCUT2D eigenvalue weighted by Gasteiger charge is 2.30. The smallest absolute Gasteiger partial charge is 0.0758 e. The minimum atomic E-state index is -0.416. The lowest BCUT2D eigenvalue weighted by atomic mass is 10.1. The van der Waals surface area contributed by atoms with Crippen molar-refractivity contribution in [1.82, 2.24) is 4.90 Å². The predicted octanol–water partition coefficient (Wildman–Crippen LogP) is 3.19. The molecule has 0 spiro atoms. The Hall–Kier alpha value is -0.0800. The van der Waals surface area contributed by atoms with E-state index in [9.17, 15) is 5.11 Å². The molecule has 1 aliphatic heterocycles. The summed E-state index contributed by atoms with van der Waals surface area (Å²) < 4.78 is 0. The van der Waals surface area contributed by atoms with Crippen LogP contribution >= 0.6 is 0 Å². The van der Waals surface area contributed by atoms with Gasteiger partial charge in [0.15, 0.2) is 0 Å². The SMILES string of the molecule is CCCCCCCCCN1CCC(C)(O)C1. The van der Waals surface area contributed by atoms with Gasteiger partial charge in [-0.2, -0.15) is 0 Å². The molecule has 1 N–H and O–H groups in total. The maximum Gasteiger partial charge on any atom is 0.0758 e. The zero-order valence-electron chi connectivity index (χ0n) is 11.2. The zero-order valence-corrected chi connectivity index (χ0v) is 11.2. The lowest BCUT2D eigenvalue weighted by Gasteiger charge is -2.18. The van der Waals surface area contributed by atoms with Crippen molar-refractivity contribution in [3.63, 3.8) is 0 Å². The summed E-state index contributed by atoms with van der Waals surface area (Å²) in [5.41, 5.74) is -0.416. The molecule has 1 saturated heterocycles. The van der Waals surface area contributed by atoms with E-state index in [0.29, 0.717) is 0 Å². The first-order chi connectivity index (χ1) is 7.64. The standard InChI is InChI=1S/C14H29NO/c1-3-4-5-6-7-8-9-11-15-12-10-14(2,16)13-15/h16H,3-13H2,1-2H3. The molecule has 2 nitrogen and oxygen atoms in total. The van der Waals surface area contributed by atoms with E-state index in [1.165, 1.54) is 51.5 Å². The van der Waals surface area contributed by atoms with Crippen LogP contribution in [0.4, 0.5) is 0 Å². The van der Waals surface area contributed by atoms with Crippen molar-refractivity contribution >= 4 is 0 Å². The molecule has 0 aromatic heterocycles. The number of β-amino-alcohol motifs (C(OH)–C–C–N with tert-alkyl or cyclic N) is 1. The molecule has 16 heavy (non-hydrogen) atoms. The zero-order chi connectivity index (χ0) is 11.9. The van der Waals surface area contributed by atoms with E-state index in [0.717, 1.165) is 19.5 Å². The summed E-state index contributed by atoms with van der Waals surface area (Å²) in [7, 11) is 0. The van der Waals surface area contributed by atoms with E-state index in [4.69, 9.17) is 0 Å². The van der Waals surface area contributed by atoms with Gasteiger partial charge in [-0.05, 0) is 26.3 Å². The van der Waals surface area contributed by atoms with Gasteiger partial charge in [0.25, 0.3) is 0 Å². The number of likely N-dealkylation sites (tertiary alicyclic amines) is 1. The van der Waals surface area contributed by atoms with Crippen molar-refractivity contribution in [2.75, 3.05) is 19.6 Å². The molecule has 2 heteroatoms. The maximum absolute atomic E-state index is 9.82. The summed E-state index contributed by atoms with van der Waals surface area (Å²) in [6, 6.07) is 0. The monoisotopic (exact) mass is 227 g/mol. The molecule has 1 unspecified atom stereocenters. The van der Waals surface area contributed by atoms with Crippen LogP contribution in [0.5, 0.6) is 0 Å². The predicted molar refractivity (Wildman–Crippen MR) is 69.7 cm³/mol. The van der Waals surface area contributed by atoms with E-state index >= 15 is 0 Å². The van der Waals surface area contributed by atoms with E-state index in [-0.39, 0.29) is 0 Å². The molecule has 0 saturated carbocycles. The lowest BCUT2D eigenvalue weighted by molar-refractivity contribution is 0.0686. The van der Waals surface area contributed by atoms with Crippen LogP contribution in [-0.2, 0) is 0 Å². The van der Waals surface area contributed by atoms with Crippen LogP contribution in [0.1, 0.15) is 65.2 Å². The van der Waals surface area contributed by atoms with E-state index in [1.807, 2.05) is 6.92 Å². The summed E-state index contributed by atoms with van der Waals surface area (Å²) in [6.45, 7) is 7.37. The number of unbranched alkanes of at least 4 members (excludes halogenated alkanes) is 6. The molecule has 1 atom stereocenters. The van der Waals surface area contributed by atoms with Crippen molar-refractivity contribution in [3.8, 4) is 0 Å². The summed E-state index contributed by atoms with van der Waals surface area (Å²) in [4.78, 5) is 2.41. The highest BCUT2D eigenvalue weighted by atomic mass is 16.3. The molecule has 96 valence electrons. The average Bonchev–Trinajstić information content (AvgIpc) is 2.57. The molecule has 1 aliphatic rings. The first-order valence-electron chi connectivity index (χ1n) is 7.09. The fourth-order valence-electron chi connectivity index (χ4n) is 2.52. The van der Waals surface area contributed by atoms with Gasteiger partial charge in [-0.3, -0.25) is 0 Å². The Balaban J connectivity index is 1.88. The Morgan fingerprint density at radius 3 is 2.25 bits per heavy atom. The van der Waals surface area contributed by atoms with Gasteiger partial charge in [-0.15, -0.1) is 0 Å². The van der Waals surface area contributed by atoms with Crippen molar-refractivity contribution < 1.29 is 5.11 Å². The maximum atomic E-state index is 9.82. The Morgan fingerprint density at radius 2 is 1.69 bits per heavy atom. The fourth-order valence-corrected chi connectivity index (χ4v) is 2.52. The third-order valence-electron chi connectivity index (χ3n) is 3.61. The fraction of sp³-hybridized carbons (Fsp3) is 1.00. The number of nitrogens with zero attached hydrogens (tertiary/aromatic N) is 1. The van der Waals surface area contributed by atoms with Gasteiger partial charge >= 0.3 is 0 Å². The molecule has 0 bridgehead atoms. The van der Waals surface area contributed by atoms with Crippen LogP contribution in [0.25, 0.3) is 0 Å². The first kappa shape index (κ1) is 14.0. The molecule has 0 amide bonds. The molecule has 0 aliphatic carbocycles. The summed E-state index contributed by atoms with van der Waals surface area (Å²) in [5, 5.41) is 9.82. The second kappa shape index (κ2) is 7.29. The van der Waals surface area contributed by atoms with Crippen LogP contribution in [-0.4, -0.2) is 35.2 Å². The van der Waals surface area contributed by atoms with Crippen molar-refractivity contribution in [3.05, 3.63) is 0 Å². The van der Waals surface area contributed by atoms with Gasteiger partial charge < -0.3 is 10.0 Å². The quantitative estimate of drug-likeness (QED) is 0.644. The van der Waals surface area contributed by atoms with E-state index in [1.54, 1.807) is 0 Å². The number of rotatable bonds is 8. The third-order valence-corrected chi connectivity index (χ3v) is 3.61. The van der Waals surface area contributed by atoms with Crippen LogP contribution in [0.2, 0.25) is 0 Å². The van der Waals surface area contributed by atoms with Crippen LogP contribution < -0.4 is 0 Å². The van der Waals surface area contributed by atoms with Gasteiger partial charge in [0.2, 0.25) is 0 Å². The van der Waals surface area contributed by atoms with Gasteiger partial charge in [0.1, 0.15) is 0 Å². The third kappa shape index (κ3) is 5.86. The summed E-state index contributed by atoms with van der Waals surface area (Å²) >= 11 is 0. The Bertz CT molecular complexity index is 180. The van der Waals surface area contributed by atoms with E-state index in [2.05, 4.69) is 11.8 Å². The topological polar surface area (TPSA) is 23.5 Å². The number of hydrogen-bond donors (Lipinski definition) is 1. The van der Waals surface area contributed by atoms with Gasteiger partial charge in [-0.25, -0.2) is 0 Å². The molecular formula is C14H29NO. The molecule has 1 rings (SSSR count). The minimum Gasteiger partial charge on any atom is -0.389 e. The molecular weight excluding hydrogens is 198 g/mol. The van der Waals surface area contributed by atoms with E-state index < -0.39 is 5.60 Å². The molecule has 1 heterocycles. The second-order valence-electron chi connectivity index (χ2n) is 5.64. The van der Waals surface area contributed by atoms with Crippen molar-refractivity contribution in [2.24, 2.45) is 0 Å². The summed E-state index contributed by atoms with van der Waals surface area (Å²) in [6.07, 6.45) is 10.6. The summed E-state index contributed by atoms with van der Waals surface area (Å²) in [5.74, 6) is 0. The van der Waals surface area contributed by atoms with Gasteiger partial charge in [0, 0.05) is 13.1 Å². The highest BCUT2D eigenvalue weighted by molar-refractivity contribution is 4.85. The van der Waals surface area contributed by atoms with Crippen LogP contribution in [0.3, 0.4) is 0 Å². The molecule has 0 aromatic carbocycles. The average molecular weight is 227 g/mol. The first-order valence-corrected chi connectivity index (χ1v) is 7.09. The molecule has 0 aromatic rings. The Kier molecular flexibility index (Phi) is 6.37. The molecule has 1 fully saturated rings. The number of aliphatic hydroxyl groups is 1.